The van der Waals surface area contributed by atoms with E-state index < -0.39 is 0 Å². The van der Waals surface area contributed by atoms with E-state index in [1.165, 1.54) is 12.8 Å². The van der Waals surface area contributed by atoms with E-state index in [0.717, 1.165) is 29.9 Å². The Bertz CT molecular complexity index is 849. The van der Waals surface area contributed by atoms with Crippen molar-refractivity contribution < 1.29 is 9.53 Å². The van der Waals surface area contributed by atoms with E-state index in [0.29, 0.717) is 23.4 Å². The summed E-state index contributed by atoms with van der Waals surface area (Å²) in [4.78, 5) is 23.6. The normalized spacial score (nSPS) is 15.3. The maximum atomic E-state index is 12.2. The number of hydrogen-bond acceptors (Lipinski definition) is 7. The fourth-order valence-electron chi connectivity index (χ4n) is 3.74. The highest BCUT2D eigenvalue weighted by molar-refractivity contribution is 5.84. The van der Waals surface area contributed by atoms with Gasteiger partial charge in [-0.25, -0.2) is 4.98 Å². The Morgan fingerprint density at radius 3 is 2.71 bits per heavy atom. The number of aromatic nitrogens is 2. The van der Waals surface area contributed by atoms with Gasteiger partial charge in [0.1, 0.15) is 11.6 Å². The number of ether oxygens (including phenoxy) is 1. The van der Waals surface area contributed by atoms with Crippen LogP contribution in [0.1, 0.15) is 45.1 Å². The molecule has 1 aromatic heterocycles. The van der Waals surface area contributed by atoms with Crippen molar-refractivity contribution in [3.05, 3.63) is 30.0 Å². The molecule has 1 aliphatic carbocycles. The van der Waals surface area contributed by atoms with Crippen molar-refractivity contribution in [3.63, 3.8) is 0 Å². The van der Waals surface area contributed by atoms with Crippen molar-refractivity contribution in [1.29, 1.82) is 0 Å². The third-order valence-electron chi connectivity index (χ3n) is 5.39. The van der Waals surface area contributed by atoms with Crippen LogP contribution in [0.25, 0.3) is 0 Å². The molecular weight excluding hydrogens is 354 g/mol. The second-order valence-corrected chi connectivity index (χ2v) is 7.42. The average molecular weight is 383 g/mol. The minimum Gasteiger partial charge on any atom is -0.494 e. The molecule has 1 fully saturated rings. The Kier molecular flexibility index (Phi) is 6.02. The minimum atomic E-state index is -0.226. The number of carbonyl (C=O) groups excluding carboxylic acids is 1. The third kappa shape index (κ3) is 4.18. The Morgan fingerprint density at radius 1 is 1.36 bits per heavy atom. The minimum absolute atomic E-state index is 0.139. The maximum absolute atomic E-state index is 12.2. The highest BCUT2D eigenvalue weighted by atomic mass is 16.5. The summed E-state index contributed by atoms with van der Waals surface area (Å²) in [6, 6.07) is 5.48. The predicted molar refractivity (Wildman–Crippen MR) is 112 cm³/mol. The van der Waals surface area contributed by atoms with Crippen LogP contribution in [0.3, 0.4) is 0 Å². The second kappa shape index (κ2) is 8.46. The molecule has 0 unspecified atom stereocenters. The number of nitrogens with two attached hydrogens (primary N) is 1. The van der Waals surface area contributed by atoms with E-state index >= 15 is 0 Å². The Labute approximate surface area is 166 Å². The lowest BCUT2D eigenvalue weighted by molar-refractivity contribution is -0.118. The lowest BCUT2D eigenvalue weighted by atomic mass is 10.1. The molecule has 1 aliphatic rings. The van der Waals surface area contributed by atoms with Crippen LogP contribution in [0.5, 0.6) is 5.75 Å². The number of hydrogen-bond donors (Lipinski definition) is 2. The molecule has 3 rings (SSSR count). The van der Waals surface area contributed by atoms with Gasteiger partial charge in [0, 0.05) is 29.6 Å². The Hall–Kier alpha value is -2.83. The molecule has 2 aromatic rings. The van der Waals surface area contributed by atoms with Gasteiger partial charge in [0.2, 0.25) is 5.95 Å². The van der Waals surface area contributed by atoms with Crippen molar-refractivity contribution >= 4 is 28.9 Å². The van der Waals surface area contributed by atoms with Gasteiger partial charge in [-0.1, -0.05) is 12.8 Å². The number of anilines is 4. The summed E-state index contributed by atoms with van der Waals surface area (Å²) < 4.78 is 5.40. The van der Waals surface area contributed by atoms with Gasteiger partial charge in [0.05, 0.1) is 18.8 Å². The van der Waals surface area contributed by atoms with Gasteiger partial charge in [-0.3, -0.25) is 4.79 Å². The van der Waals surface area contributed by atoms with Crippen LogP contribution < -0.4 is 20.7 Å². The van der Waals surface area contributed by atoms with E-state index in [9.17, 15) is 4.79 Å². The summed E-state index contributed by atoms with van der Waals surface area (Å²) in [7, 11) is 1.59. The highest BCUT2D eigenvalue weighted by Gasteiger charge is 2.31. The van der Waals surface area contributed by atoms with E-state index in [-0.39, 0.29) is 11.8 Å². The number of ketones is 1. The van der Waals surface area contributed by atoms with Crippen LogP contribution in [0.15, 0.2) is 24.4 Å². The molecule has 1 atom stereocenters. The number of carbonyl (C=O) groups is 1. The smallest absolute Gasteiger partial charge is 0.229 e. The number of aryl methyl sites for hydroxylation is 1. The molecule has 3 N–H and O–H groups in total. The first-order chi connectivity index (χ1) is 13.4. The molecule has 1 saturated carbocycles. The molecule has 7 heteroatoms. The highest BCUT2D eigenvalue weighted by Crippen LogP contribution is 2.33. The summed E-state index contributed by atoms with van der Waals surface area (Å²) in [5.41, 5.74) is 8.14. The zero-order valence-corrected chi connectivity index (χ0v) is 17.0. The summed E-state index contributed by atoms with van der Waals surface area (Å²) in [6.07, 6.45) is 6.32. The molecule has 0 saturated heterocycles. The fourth-order valence-corrected chi connectivity index (χ4v) is 3.74. The Balaban J connectivity index is 1.96. The summed E-state index contributed by atoms with van der Waals surface area (Å²) in [5.74, 6) is 2.03. The van der Waals surface area contributed by atoms with Gasteiger partial charge in [0.15, 0.2) is 5.78 Å². The number of nitrogen functional groups attached to an aromatic ring is 1. The third-order valence-corrected chi connectivity index (χ3v) is 5.39. The molecular formula is C21H29N5O2. The van der Waals surface area contributed by atoms with Crippen molar-refractivity contribution in [2.24, 2.45) is 0 Å². The lowest BCUT2D eigenvalue weighted by Crippen LogP contribution is -2.45. The summed E-state index contributed by atoms with van der Waals surface area (Å²) in [6.45, 7) is 5.58. The van der Waals surface area contributed by atoms with Crippen molar-refractivity contribution in [3.8, 4) is 5.75 Å². The van der Waals surface area contributed by atoms with Crippen LogP contribution in [-0.4, -0.2) is 34.9 Å². The number of methoxy groups -OCH3 is 1. The SMILES string of the molecule is COc1cc(N)ccc1Nc1ncc(C)c(N(C2CCCC2)[C@H](C)C(C)=O)n1. The lowest BCUT2D eigenvalue weighted by Gasteiger charge is -2.35. The van der Waals surface area contributed by atoms with Crippen LogP contribution in [-0.2, 0) is 4.79 Å². The fraction of sp³-hybridized carbons (Fsp3) is 0.476. The number of rotatable bonds is 7. The van der Waals surface area contributed by atoms with Crippen LogP contribution in [0.4, 0.5) is 23.1 Å². The molecule has 0 bridgehead atoms. The molecule has 0 spiro atoms. The second-order valence-electron chi connectivity index (χ2n) is 7.42. The number of benzene rings is 1. The molecule has 1 heterocycles. The first-order valence-corrected chi connectivity index (χ1v) is 9.73. The average Bonchev–Trinajstić information content (AvgIpc) is 3.19. The first kappa shape index (κ1) is 19.9. The topological polar surface area (TPSA) is 93.4 Å². The molecule has 28 heavy (non-hydrogen) atoms. The number of nitrogens with zero attached hydrogens (tertiary/aromatic N) is 3. The quantitative estimate of drug-likeness (QED) is 0.702. The molecule has 0 radical (unpaired) electrons. The van der Waals surface area contributed by atoms with Crippen molar-refractivity contribution in [2.75, 3.05) is 23.1 Å². The number of nitrogens with one attached hydrogen (secondary N) is 1. The van der Waals surface area contributed by atoms with Crippen molar-refractivity contribution in [2.45, 2.75) is 58.5 Å². The standard InChI is InChI=1S/C21H29N5O2/c1-13-12-23-21(24-18-10-9-16(22)11-19(18)28-4)25-20(13)26(14(2)15(3)27)17-7-5-6-8-17/h9-12,14,17H,5-8,22H2,1-4H3,(H,23,24,25)/t14-/m1/s1. The van der Waals surface area contributed by atoms with Crippen LogP contribution >= 0.6 is 0 Å². The monoisotopic (exact) mass is 383 g/mol. The Morgan fingerprint density at radius 2 is 2.07 bits per heavy atom. The number of Topliss-reactive ketones (excluding diaryl/α,β-unsaturated/α-hetero) is 1. The van der Waals surface area contributed by atoms with E-state index in [1.54, 1.807) is 32.4 Å². The van der Waals surface area contributed by atoms with Crippen molar-refractivity contribution in [1.82, 2.24) is 9.97 Å². The predicted octanol–water partition coefficient (Wildman–Crippen LogP) is 3.85. The first-order valence-electron chi connectivity index (χ1n) is 9.73. The van der Waals surface area contributed by atoms with Crippen LogP contribution in [0, 0.1) is 6.92 Å². The van der Waals surface area contributed by atoms with Gasteiger partial charge in [0.25, 0.3) is 0 Å². The molecule has 7 nitrogen and oxygen atoms in total. The van der Waals surface area contributed by atoms with E-state index in [1.807, 2.05) is 19.9 Å². The van der Waals surface area contributed by atoms with Crippen LogP contribution in [0.2, 0.25) is 0 Å². The van der Waals surface area contributed by atoms with Gasteiger partial charge in [-0.05, 0) is 45.7 Å². The molecule has 0 amide bonds. The molecule has 0 aliphatic heterocycles. The van der Waals surface area contributed by atoms with Gasteiger partial charge in [-0.2, -0.15) is 4.98 Å². The summed E-state index contributed by atoms with van der Waals surface area (Å²) >= 11 is 0. The zero-order valence-electron chi connectivity index (χ0n) is 17.0. The molecule has 150 valence electrons. The largest absolute Gasteiger partial charge is 0.494 e. The zero-order chi connectivity index (χ0) is 20.3. The van der Waals surface area contributed by atoms with E-state index in [4.69, 9.17) is 15.5 Å². The van der Waals surface area contributed by atoms with Gasteiger partial charge < -0.3 is 20.7 Å². The molecule has 1 aromatic carbocycles. The van der Waals surface area contributed by atoms with Gasteiger partial charge in [-0.15, -0.1) is 0 Å². The maximum Gasteiger partial charge on any atom is 0.229 e. The summed E-state index contributed by atoms with van der Waals surface area (Å²) in [5, 5.41) is 3.22. The van der Waals surface area contributed by atoms with Gasteiger partial charge >= 0.3 is 0 Å². The van der Waals surface area contributed by atoms with E-state index in [2.05, 4.69) is 15.2 Å².